The molecule has 1 aliphatic heterocycles. The van der Waals surface area contributed by atoms with Gasteiger partial charge in [0.1, 0.15) is 11.9 Å². The lowest BCUT2D eigenvalue weighted by molar-refractivity contribution is -0.141. The first-order chi connectivity index (χ1) is 10.3. The number of nitrogens with one attached hydrogen (secondary N) is 2. The van der Waals surface area contributed by atoms with E-state index in [1.165, 1.54) is 4.90 Å². The van der Waals surface area contributed by atoms with E-state index in [-0.39, 0.29) is 17.7 Å². The molecule has 1 aromatic heterocycles. The van der Waals surface area contributed by atoms with Crippen molar-refractivity contribution in [1.29, 1.82) is 0 Å². The second-order valence-electron chi connectivity index (χ2n) is 5.31. The molecule has 0 unspecified atom stereocenters. The standard InChI is InChI=1S/C13H18F3N5O/c1-21(2)10-7-9(13(14,15)16)19-12(20-10)18-8-5-3-4-6-17-11(8)22/h7-8H,3-6H2,1-2H3,(H,17,22)(H,18,19,20)/t8-/m0/s1. The maximum Gasteiger partial charge on any atom is 0.433 e. The fourth-order valence-electron chi connectivity index (χ4n) is 2.11. The Kier molecular flexibility index (Phi) is 4.72. The predicted octanol–water partition coefficient (Wildman–Crippen LogP) is 1.64. The van der Waals surface area contributed by atoms with E-state index in [1.807, 2.05) is 0 Å². The van der Waals surface area contributed by atoms with Crippen molar-refractivity contribution in [3.63, 3.8) is 0 Å². The number of rotatable bonds is 3. The monoisotopic (exact) mass is 317 g/mol. The van der Waals surface area contributed by atoms with Crippen LogP contribution in [0.4, 0.5) is 24.9 Å². The number of anilines is 2. The summed E-state index contributed by atoms with van der Waals surface area (Å²) in [6.07, 6.45) is -2.40. The average Bonchev–Trinajstić information content (AvgIpc) is 2.63. The molecular formula is C13H18F3N5O. The molecule has 122 valence electrons. The van der Waals surface area contributed by atoms with E-state index < -0.39 is 17.9 Å². The zero-order chi connectivity index (χ0) is 16.3. The third kappa shape index (κ3) is 3.99. The van der Waals surface area contributed by atoms with Gasteiger partial charge in [-0.15, -0.1) is 0 Å². The Labute approximate surface area is 126 Å². The molecule has 0 saturated carbocycles. The minimum absolute atomic E-state index is 0.124. The molecule has 0 aromatic carbocycles. The lowest BCUT2D eigenvalue weighted by Gasteiger charge is -2.19. The van der Waals surface area contributed by atoms with Gasteiger partial charge < -0.3 is 15.5 Å². The van der Waals surface area contributed by atoms with E-state index in [1.54, 1.807) is 14.1 Å². The molecule has 1 saturated heterocycles. The maximum atomic E-state index is 12.9. The molecule has 1 atom stereocenters. The molecule has 0 radical (unpaired) electrons. The largest absolute Gasteiger partial charge is 0.433 e. The van der Waals surface area contributed by atoms with Gasteiger partial charge in [0.05, 0.1) is 0 Å². The Morgan fingerprint density at radius 1 is 1.32 bits per heavy atom. The van der Waals surface area contributed by atoms with E-state index >= 15 is 0 Å². The topological polar surface area (TPSA) is 70.2 Å². The van der Waals surface area contributed by atoms with Crippen LogP contribution in [0.15, 0.2) is 6.07 Å². The zero-order valence-corrected chi connectivity index (χ0v) is 12.4. The van der Waals surface area contributed by atoms with Crippen LogP contribution >= 0.6 is 0 Å². The molecule has 2 N–H and O–H groups in total. The number of amides is 1. The number of aromatic nitrogens is 2. The minimum atomic E-state index is -4.57. The number of carbonyl (C=O) groups is 1. The number of halogens is 3. The third-order valence-electron chi connectivity index (χ3n) is 3.30. The Balaban J connectivity index is 2.29. The van der Waals surface area contributed by atoms with Crippen molar-refractivity contribution < 1.29 is 18.0 Å². The zero-order valence-electron chi connectivity index (χ0n) is 12.4. The smallest absolute Gasteiger partial charge is 0.363 e. The summed E-state index contributed by atoms with van der Waals surface area (Å²) in [5.41, 5.74) is -1.04. The van der Waals surface area contributed by atoms with Crippen molar-refractivity contribution in [2.75, 3.05) is 30.9 Å². The normalized spacial score (nSPS) is 19.3. The number of carbonyl (C=O) groups excluding carboxylic acids is 1. The summed E-state index contributed by atoms with van der Waals surface area (Å²) < 4.78 is 38.7. The second kappa shape index (κ2) is 6.37. The Hall–Kier alpha value is -2.06. The molecule has 0 aliphatic carbocycles. The molecule has 1 amide bonds. The number of alkyl halides is 3. The van der Waals surface area contributed by atoms with E-state index in [9.17, 15) is 18.0 Å². The number of nitrogens with zero attached hydrogens (tertiary/aromatic N) is 3. The third-order valence-corrected chi connectivity index (χ3v) is 3.30. The van der Waals surface area contributed by atoms with Crippen LogP contribution in [-0.2, 0) is 11.0 Å². The van der Waals surface area contributed by atoms with Gasteiger partial charge in [0, 0.05) is 26.7 Å². The van der Waals surface area contributed by atoms with E-state index in [0.29, 0.717) is 13.0 Å². The summed E-state index contributed by atoms with van der Waals surface area (Å²) in [5.74, 6) is -0.315. The summed E-state index contributed by atoms with van der Waals surface area (Å²) in [6.45, 7) is 0.573. The molecular weight excluding hydrogens is 299 g/mol. The first kappa shape index (κ1) is 16.3. The summed E-state index contributed by atoms with van der Waals surface area (Å²) in [6, 6.07) is 0.249. The first-order valence-corrected chi connectivity index (χ1v) is 6.95. The van der Waals surface area contributed by atoms with Gasteiger partial charge in [0.2, 0.25) is 11.9 Å². The highest BCUT2D eigenvalue weighted by atomic mass is 19.4. The first-order valence-electron chi connectivity index (χ1n) is 6.95. The summed E-state index contributed by atoms with van der Waals surface area (Å²) >= 11 is 0. The van der Waals surface area contributed by atoms with Crippen molar-refractivity contribution in [2.45, 2.75) is 31.5 Å². The molecule has 2 heterocycles. The SMILES string of the molecule is CN(C)c1cc(C(F)(F)F)nc(N[C@H]2CCCCNC2=O)n1. The molecule has 0 spiro atoms. The van der Waals surface area contributed by atoms with Crippen LogP contribution < -0.4 is 15.5 Å². The van der Waals surface area contributed by atoms with Gasteiger partial charge in [-0.25, -0.2) is 4.98 Å². The summed E-state index contributed by atoms with van der Waals surface area (Å²) in [4.78, 5) is 20.8. The van der Waals surface area contributed by atoms with E-state index in [4.69, 9.17) is 0 Å². The Bertz CT molecular complexity index is 547. The molecule has 1 aliphatic rings. The van der Waals surface area contributed by atoms with Gasteiger partial charge in [-0.1, -0.05) is 0 Å². The second-order valence-corrected chi connectivity index (χ2v) is 5.31. The van der Waals surface area contributed by atoms with Crippen LogP contribution in [0.1, 0.15) is 25.0 Å². The lowest BCUT2D eigenvalue weighted by atomic mass is 10.1. The van der Waals surface area contributed by atoms with Crippen LogP contribution in [0.25, 0.3) is 0 Å². The van der Waals surface area contributed by atoms with Crippen molar-refractivity contribution in [2.24, 2.45) is 0 Å². The molecule has 22 heavy (non-hydrogen) atoms. The fraction of sp³-hybridized carbons (Fsp3) is 0.615. The summed E-state index contributed by atoms with van der Waals surface area (Å²) in [7, 11) is 3.18. The van der Waals surface area contributed by atoms with Gasteiger partial charge in [-0.05, 0) is 19.3 Å². The molecule has 2 rings (SSSR count). The number of hydrogen-bond donors (Lipinski definition) is 2. The highest BCUT2D eigenvalue weighted by molar-refractivity contribution is 5.84. The van der Waals surface area contributed by atoms with Crippen LogP contribution in [0.3, 0.4) is 0 Å². The van der Waals surface area contributed by atoms with Crippen LogP contribution in [0, 0.1) is 0 Å². The van der Waals surface area contributed by atoms with E-state index in [2.05, 4.69) is 20.6 Å². The Morgan fingerprint density at radius 2 is 2.05 bits per heavy atom. The highest BCUT2D eigenvalue weighted by Gasteiger charge is 2.34. The van der Waals surface area contributed by atoms with Crippen LogP contribution in [-0.4, -0.2) is 42.6 Å². The van der Waals surface area contributed by atoms with Crippen molar-refractivity contribution >= 4 is 17.7 Å². The highest BCUT2D eigenvalue weighted by Crippen LogP contribution is 2.30. The van der Waals surface area contributed by atoms with Crippen LogP contribution in [0.2, 0.25) is 0 Å². The maximum absolute atomic E-state index is 12.9. The van der Waals surface area contributed by atoms with Gasteiger partial charge in [-0.3, -0.25) is 4.79 Å². The van der Waals surface area contributed by atoms with Gasteiger partial charge in [0.15, 0.2) is 5.69 Å². The molecule has 0 bridgehead atoms. The van der Waals surface area contributed by atoms with Gasteiger partial charge in [-0.2, -0.15) is 18.2 Å². The van der Waals surface area contributed by atoms with Gasteiger partial charge >= 0.3 is 6.18 Å². The average molecular weight is 317 g/mol. The van der Waals surface area contributed by atoms with Crippen molar-refractivity contribution in [3.05, 3.63) is 11.8 Å². The number of hydrogen-bond acceptors (Lipinski definition) is 5. The Morgan fingerprint density at radius 3 is 2.68 bits per heavy atom. The van der Waals surface area contributed by atoms with Gasteiger partial charge in [0.25, 0.3) is 0 Å². The predicted molar refractivity (Wildman–Crippen MR) is 75.6 cm³/mol. The van der Waals surface area contributed by atoms with Crippen molar-refractivity contribution in [3.8, 4) is 0 Å². The van der Waals surface area contributed by atoms with E-state index in [0.717, 1.165) is 18.9 Å². The summed E-state index contributed by atoms with van der Waals surface area (Å²) in [5, 5.41) is 5.42. The van der Waals surface area contributed by atoms with Crippen LogP contribution in [0.5, 0.6) is 0 Å². The minimum Gasteiger partial charge on any atom is -0.363 e. The molecule has 6 nitrogen and oxygen atoms in total. The lowest BCUT2D eigenvalue weighted by Crippen LogP contribution is -2.38. The molecule has 1 fully saturated rings. The fourth-order valence-corrected chi connectivity index (χ4v) is 2.11. The molecule has 9 heteroatoms. The quantitative estimate of drug-likeness (QED) is 0.887. The molecule has 1 aromatic rings. The van der Waals surface area contributed by atoms with Crippen molar-refractivity contribution in [1.82, 2.24) is 15.3 Å².